The Hall–Kier alpha value is -0.870. The van der Waals surface area contributed by atoms with Crippen LogP contribution in [0, 0.1) is 0 Å². The monoisotopic (exact) mass is 297 g/mol. The smallest absolute Gasteiger partial charge is 0.118 e. The highest BCUT2D eigenvalue weighted by atomic mass is 32.2. The highest BCUT2D eigenvalue weighted by Crippen LogP contribution is 2.21. The molecule has 1 rings (SSSR count). The van der Waals surface area contributed by atoms with Gasteiger partial charge in [0.25, 0.3) is 0 Å². The van der Waals surface area contributed by atoms with Gasteiger partial charge in [-0.25, -0.2) is 0 Å². The minimum atomic E-state index is -0.983. The molecule has 0 heterocycles. The van der Waals surface area contributed by atoms with E-state index in [0.717, 1.165) is 36.5 Å². The third kappa shape index (κ3) is 4.60. The van der Waals surface area contributed by atoms with Crippen molar-refractivity contribution in [2.75, 3.05) is 13.7 Å². The van der Waals surface area contributed by atoms with Crippen molar-refractivity contribution in [1.82, 2.24) is 5.32 Å². The van der Waals surface area contributed by atoms with Gasteiger partial charge in [-0.1, -0.05) is 27.2 Å². The second-order valence-electron chi connectivity index (χ2n) is 4.87. The van der Waals surface area contributed by atoms with Gasteiger partial charge in [-0.2, -0.15) is 0 Å². The molecule has 114 valence electrons. The summed E-state index contributed by atoms with van der Waals surface area (Å²) in [5.74, 6) is 0.801. The van der Waals surface area contributed by atoms with Crippen molar-refractivity contribution in [2.45, 2.75) is 56.2 Å². The number of hydrogen-bond donors (Lipinski definition) is 1. The third-order valence-corrected chi connectivity index (χ3v) is 5.43. The second kappa shape index (κ2) is 9.14. The van der Waals surface area contributed by atoms with Crippen LogP contribution in [0.4, 0.5) is 0 Å². The quantitative estimate of drug-likeness (QED) is 0.759. The zero-order valence-electron chi connectivity index (χ0n) is 13.0. The predicted molar refractivity (Wildman–Crippen MR) is 85.9 cm³/mol. The van der Waals surface area contributed by atoms with E-state index >= 15 is 0 Å². The van der Waals surface area contributed by atoms with Crippen LogP contribution < -0.4 is 10.1 Å². The van der Waals surface area contributed by atoms with Crippen LogP contribution in [-0.4, -0.2) is 29.2 Å². The molecule has 0 bridgehead atoms. The van der Waals surface area contributed by atoms with Crippen molar-refractivity contribution >= 4 is 10.8 Å². The minimum absolute atomic E-state index is 0.156. The molecule has 0 fully saturated rings. The van der Waals surface area contributed by atoms with Gasteiger partial charge in [0.05, 0.1) is 23.2 Å². The molecular formula is C16H27NO2S. The molecule has 3 unspecified atom stereocenters. The molecule has 1 N–H and O–H groups in total. The molecule has 1 aromatic carbocycles. The van der Waals surface area contributed by atoms with Gasteiger partial charge < -0.3 is 10.1 Å². The summed E-state index contributed by atoms with van der Waals surface area (Å²) in [4.78, 5) is 0.886. The van der Waals surface area contributed by atoms with Crippen LogP contribution in [0.25, 0.3) is 0 Å². The summed E-state index contributed by atoms with van der Waals surface area (Å²) < 4.78 is 17.9. The molecule has 0 aromatic heterocycles. The molecule has 20 heavy (non-hydrogen) atoms. The van der Waals surface area contributed by atoms with E-state index < -0.39 is 10.8 Å². The van der Waals surface area contributed by atoms with Crippen molar-refractivity contribution in [1.29, 1.82) is 0 Å². The molecule has 3 atom stereocenters. The average molecular weight is 297 g/mol. The molecule has 0 spiro atoms. The van der Waals surface area contributed by atoms with Crippen LogP contribution >= 0.6 is 0 Å². The number of methoxy groups -OCH3 is 1. The Morgan fingerprint density at radius 1 is 1.20 bits per heavy atom. The Labute approximate surface area is 125 Å². The Balaban J connectivity index is 2.87. The molecule has 0 saturated heterocycles. The zero-order valence-corrected chi connectivity index (χ0v) is 13.8. The molecular weight excluding hydrogens is 270 g/mol. The number of rotatable bonds is 9. The van der Waals surface area contributed by atoms with Gasteiger partial charge in [0.15, 0.2) is 0 Å². The first-order valence-corrected chi connectivity index (χ1v) is 8.67. The summed E-state index contributed by atoms with van der Waals surface area (Å²) in [5, 5.41) is 3.65. The lowest BCUT2D eigenvalue weighted by atomic mass is 10.1. The lowest BCUT2D eigenvalue weighted by molar-refractivity contribution is 0.414. The maximum atomic E-state index is 12.8. The van der Waals surface area contributed by atoms with Crippen molar-refractivity contribution in [3.8, 4) is 5.75 Å². The number of hydrogen-bond acceptors (Lipinski definition) is 3. The van der Waals surface area contributed by atoms with E-state index in [1.54, 1.807) is 7.11 Å². The first-order chi connectivity index (χ1) is 9.67. The molecule has 0 aliphatic carbocycles. The van der Waals surface area contributed by atoms with Crippen LogP contribution in [0.3, 0.4) is 0 Å². The fourth-order valence-corrected chi connectivity index (χ4v) is 4.05. The number of ether oxygens (including phenoxy) is 1. The van der Waals surface area contributed by atoms with Gasteiger partial charge in [0.2, 0.25) is 0 Å². The van der Waals surface area contributed by atoms with Gasteiger partial charge in [0, 0.05) is 10.9 Å². The number of nitrogens with one attached hydrogen (secondary N) is 1. The number of benzene rings is 1. The van der Waals surface area contributed by atoms with Crippen molar-refractivity contribution < 1.29 is 8.95 Å². The Kier molecular flexibility index (Phi) is 7.85. The molecule has 0 saturated carbocycles. The summed E-state index contributed by atoms with van der Waals surface area (Å²) >= 11 is 0. The first kappa shape index (κ1) is 17.2. The summed E-state index contributed by atoms with van der Waals surface area (Å²) in [6, 6.07) is 7.89. The van der Waals surface area contributed by atoms with E-state index in [-0.39, 0.29) is 5.25 Å². The van der Waals surface area contributed by atoms with Crippen molar-refractivity contribution in [3.63, 3.8) is 0 Å². The summed E-state index contributed by atoms with van der Waals surface area (Å²) in [7, 11) is 0.660. The Morgan fingerprint density at radius 3 is 2.30 bits per heavy atom. The van der Waals surface area contributed by atoms with E-state index in [1.807, 2.05) is 24.3 Å². The first-order valence-electron chi connectivity index (χ1n) is 7.45. The summed E-state index contributed by atoms with van der Waals surface area (Å²) in [6.07, 6.45) is 3.08. The topological polar surface area (TPSA) is 38.3 Å². The molecule has 4 heteroatoms. The van der Waals surface area contributed by atoms with Crippen LogP contribution in [0.2, 0.25) is 0 Å². The lowest BCUT2D eigenvalue weighted by Crippen LogP contribution is -2.41. The lowest BCUT2D eigenvalue weighted by Gasteiger charge is -2.26. The van der Waals surface area contributed by atoms with E-state index in [0.29, 0.717) is 6.04 Å². The molecule has 0 aliphatic rings. The Bertz CT molecular complexity index is 399. The third-order valence-electron chi connectivity index (χ3n) is 3.48. The normalized spacial score (nSPS) is 15.6. The molecule has 0 amide bonds. The summed E-state index contributed by atoms with van der Waals surface area (Å²) in [5.41, 5.74) is 0. The largest absolute Gasteiger partial charge is 0.497 e. The summed E-state index contributed by atoms with van der Waals surface area (Å²) in [6.45, 7) is 7.31. The van der Waals surface area contributed by atoms with Crippen LogP contribution in [-0.2, 0) is 10.8 Å². The fourth-order valence-electron chi connectivity index (χ4n) is 2.46. The van der Waals surface area contributed by atoms with Crippen molar-refractivity contribution in [3.05, 3.63) is 24.3 Å². The van der Waals surface area contributed by atoms with Gasteiger partial charge >= 0.3 is 0 Å². The second-order valence-corrected chi connectivity index (χ2v) is 6.54. The van der Waals surface area contributed by atoms with Crippen LogP contribution in [0.5, 0.6) is 5.75 Å². The van der Waals surface area contributed by atoms with Gasteiger partial charge in [-0.15, -0.1) is 0 Å². The highest BCUT2D eigenvalue weighted by Gasteiger charge is 2.25. The van der Waals surface area contributed by atoms with E-state index in [2.05, 4.69) is 26.1 Å². The van der Waals surface area contributed by atoms with Gasteiger partial charge in [-0.3, -0.25) is 4.21 Å². The predicted octanol–water partition coefficient (Wildman–Crippen LogP) is 3.36. The SMILES string of the molecule is CCCC(NCC)C(CC)S(=O)c1ccc(OC)cc1. The van der Waals surface area contributed by atoms with E-state index in [9.17, 15) is 4.21 Å². The van der Waals surface area contributed by atoms with Gasteiger partial charge in [0.1, 0.15) is 5.75 Å². The molecule has 3 nitrogen and oxygen atoms in total. The van der Waals surface area contributed by atoms with Gasteiger partial charge in [-0.05, 0) is 43.7 Å². The van der Waals surface area contributed by atoms with E-state index in [1.165, 1.54) is 0 Å². The fraction of sp³-hybridized carbons (Fsp3) is 0.625. The Morgan fingerprint density at radius 2 is 1.85 bits per heavy atom. The standard InChI is InChI=1S/C16H27NO2S/c1-5-8-15(17-7-3)16(6-2)20(18)14-11-9-13(19-4)10-12-14/h9-12,15-17H,5-8H2,1-4H3. The van der Waals surface area contributed by atoms with Crippen LogP contribution in [0.15, 0.2) is 29.2 Å². The van der Waals surface area contributed by atoms with E-state index in [4.69, 9.17) is 4.74 Å². The minimum Gasteiger partial charge on any atom is -0.497 e. The molecule has 0 radical (unpaired) electrons. The zero-order chi connectivity index (χ0) is 15.0. The molecule has 0 aliphatic heterocycles. The maximum absolute atomic E-state index is 12.8. The average Bonchev–Trinajstić information content (AvgIpc) is 2.48. The highest BCUT2D eigenvalue weighted by molar-refractivity contribution is 7.85. The maximum Gasteiger partial charge on any atom is 0.118 e. The van der Waals surface area contributed by atoms with Crippen LogP contribution in [0.1, 0.15) is 40.0 Å². The molecule has 1 aromatic rings. The van der Waals surface area contributed by atoms with Crippen molar-refractivity contribution in [2.24, 2.45) is 0 Å².